The summed E-state index contributed by atoms with van der Waals surface area (Å²) in [5.74, 6) is -0.266. The van der Waals surface area contributed by atoms with Gasteiger partial charge in [0.15, 0.2) is 0 Å². The molecule has 0 aromatic heterocycles. The van der Waals surface area contributed by atoms with Gasteiger partial charge in [-0.05, 0) is 42.7 Å². The molecule has 1 aliphatic heterocycles. The van der Waals surface area contributed by atoms with E-state index in [1.807, 2.05) is 23.1 Å². The third kappa shape index (κ3) is 3.77. The van der Waals surface area contributed by atoms with Crippen molar-refractivity contribution in [3.05, 3.63) is 71.3 Å². The number of amides is 1. The first-order chi connectivity index (χ1) is 11.2. The molecule has 4 nitrogen and oxygen atoms in total. The van der Waals surface area contributed by atoms with E-state index >= 15 is 0 Å². The zero-order chi connectivity index (χ0) is 16.1. The maximum absolute atomic E-state index is 12.2. The second kappa shape index (κ2) is 7.09. The van der Waals surface area contributed by atoms with E-state index in [2.05, 4.69) is 0 Å². The highest BCUT2D eigenvalue weighted by atomic mass is 16.5. The average Bonchev–Trinajstić information content (AvgIpc) is 3.15. The molecule has 0 radical (unpaired) electrons. The summed E-state index contributed by atoms with van der Waals surface area (Å²) in [7, 11) is 0. The van der Waals surface area contributed by atoms with Crippen LogP contribution in [0.4, 0.5) is 0 Å². The van der Waals surface area contributed by atoms with Crippen molar-refractivity contribution >= 4 is 11.9 Å². The fourth-order valence-corrected chi connectivity index (χ4v) is 2.65. The van der Waals surface area contributed by atoms with Crippen molar-refractivity contribution in [1.29, 1.82) is 0 Å². The number of rotatable bonds is 4. The average molecular weight is 309 g/mol. The van der Waals surface area contributed by atoms with Gasteiger partial charge in [0.25, 0.3) is 5.91 Å². The van der Waals surface area contributed by atoms with E-state index in [-0.39, 0.29) is 18.5 Å². The van der Waals surface area contributed by atoms with Gasteiger partial charge < -0.3 is 9.64 Å². The number of benzene rings is 2. The third-order valence-corrected chi connectivity index (χ3v) is 3.97. The minimum Gasteiger partial charge on any atom is -0.457 e. The molecule has 0 atom stereocenters. The SMILES string of the molecule is O=C(OCc1ccc(C(=O)N2CCCC2)cc1)c1ccccc1. The molecule has 4 heteroatoms. The fourth-order valence-electron chi connectivity index (χ4n) is 2.65. The molecule has 3 rings (SSSR count). The second-order valence-electron chi connectivity index (χ2n) is 5.64. The number of hydrogen-bond donors (Lipinski definition) is 0. The van der Waals surface area contributed by atoms with Gasteiger partial charge in [-0.2, -0.15) is 0 Å². The van der Waals surface area contributed by atoms with Crippen molar-refractivity contribution in [2.45, 2.75) is 19.4 Å². The molecule has 0 unspecified atom stereocenters. The quantitative estimate of drug-likeness (QED) is 0.814. The van der Waals surface area contributed by atoms with E-state index in [1.165, 1.54) is 0 Å². The molecule has 1 amide bonds. The maximum Gasteiger partial charge on any atom is 0.338 e. The first-order valence-corrected chi connectivity index (χ1v) is 7.84. The summed E-state index contributed by atoms with van der Waals surface area (Å²) < 4.78 is 5.28. The van der Waals surface area contributed by atoms with Gasteiger partial charge in [-0.1, -0.05) is 30.3 Å². The molecule has 1 heterocycles. The summed E-state index contributed by atoms with van der Waals surface area (Å²) in [6.45, 7) is 1.89. The largest absolute Gasteiger partial charge is 0.457 e. The van der Waals surface area contributed by atoms with Crippen molar-refractivity contribution in [2.24, 2.45) is 0 Å². The molecule has 0 bridgehead atoms. The summed E-state index contributed by atoms with van der Waals surface area (Å²) in [6, 6.07) is 16.2. The number of hydrogen-bond acceptors (Lipinski definition) is 3. The van der Waals surface area contributed by atoms with Crippen LogP contribution in [0.5, 0.6) is 0 Å². The smallest absolute Gasteiger partial charge is 0.338 e. The lowest BCUT2D eigenvalue weighted by Gasteiger charge is -2.15. The van der Waals surface area contributed by atoms with Gasteiger partial charge in [0.05, 0.1) is 5.56 Å². The minimum atomic E-state index is -0.345. The van der Waals surface area contributed by atoms with E-state index in [0.717, 1.165) is 31.5 Å². The normalized spacial score (nSPS) is 13.8. The number of likely N-dealkylation sites (tertiary alicyclic amines) is 1. The summed E-state index contributed by atoms with van der Waals surface area (Å²) in [4.78, 5) is 26.0. The van der Waals surface area contributed by atoms with Gasteiger partial charge in [-0.3, -0.25) is 4.79 Å². The van der Waals surface area contributed by atoms with Crippen molar-refractivity contribution in [2.75, 3.05) is 13.1 Å². The van der Waals surface area contributed by atoms with Crippen LogP contribution in [-0.4, -0.2) is 29.9 Å². The van der Waals surface area contributed by atoms with Crippen molar-refractivity contribution in [1.82, 2.24) is 4.90 Å². The standard InChI is InChI=1S/C19H19NO3/c21-18(20-12-4-5-13-20)16-10-8-15(9-11-16)14-23-19(22)17-6-2-1-3-7-17/h1-3,6-11H,4-5,12-14H2. The van der Waals surface area contributed by atoms with E-state index in [1.54, 1.807) is 36.4 Å². The van der Waals surface area contributed by atoms with Crippen LogP contribution in [-0.2, 0) is 11.3 Å². The Balaban J connectivity index is 1.57. The lowest BCUT2D eigenvalue weighted by Crippen LogP contribution is -2.27. The molecule has 2 aromatic rings. The molecule has 118 valence electrons. The zero-order valence-corrected chi connectivity index (χ0v) is 12.9. The molecule has 1 fully saturated rings. The van der Waals surface area contributed by atoms with Gasteiger partial charge >= 0.3 is 5.97 Å². The van der Waals surface area contributed by atoms with Gasteiger partial charge in [0.1, 0.15) is 6.61 Å². The molecular weight excluding hydrogens is 290 g/mol. The first-order valence-electron chi connectivity index (χ1n) is 7.84. The monoisotopic (exact) mass is 309 g/mol. The van der Waals surface area contributed by atoms with Crippen molar-refractivity contribution in [3.8, 4) is 0 Å². The van der Waals surface area contributed by atoms with Crippen LogP contribution < -0.4 is 0 Å². The highest BCUT2D eigenvalue weighted by molar-refractivity contribution is 5.94. The first kappa shape index (κ1) is 15.3. The number of carbonyl (C=O) groups excluding carboxylic acids is 2. The zero-order valence-electron chi connectivity index (χ0n) is 12.9. The van der Waals surface area contributed by atoms with E-state index < -0.39 is 0 Å². The predicted molar refractivity (Wildman–Crippen MR) is 87.1 cm³/mol. The van der Waals surface area contributed by atoms with Gasteiger partial charge in [0.2, 0.25) is 0 Å². The predicted octanol–water partition coefficient (Wildman–Crippen LogP) is 3.28. The molecule has 0 aliphatic carbocycles. The van der Waals surface area contributed by atoms with Crippen LogP contribution >= 0.6 is 0 Å². The Hall–Kier alpha value is -2.62. The van der Waals surface area contributed by atoms with Crippen molar-refractivity contribution < 1.29 is 14.3 Å². The number of ether oxygens (including phenoxy) is 1. The van der Waals surface area contributed by atoms with Gasteiger partial charge in [0, 0.05) is 18.7 Å². The van der Waals surface area contributed by atoms with E-state index in [0.29, 0.717) is 11.1 Å². The number of esters is 1. The minimum absolute atomic E-state index is 0.0790. The Bertz CT molecular complexity index is 674. The molecule has 2 aromatic carbocycles. The van der Waals surface area contributed by atoms with Crippen LogP contribution in [0.3, 0.4) is 0 Å². The highest BCUT2D eigenvalue weighted by Crippen LogP contribution is 2.14. The highest BCUT2D eigenvalue weighted by Gasteiger charge is 2.19. The van der Waals surface area contributed by atoms with E-state index in [4.69, 9.17) is 4.74 Å². The van der Waals surface area contributed by atoms with Crippen molar-refractivity contribution in [3.63, 3.8) is 0 Å². The molecular formula is C19H19NO3. The Morgan fingerprint density at radius 2 is 1.52 bits per heavy atom. The lowest BCUT2D eigenvalue weighted by molar-refractivity contribution is 0.0472. The fraction of sp³-hybridized carbons (Fsp3) is 0.263. The molecule has 0 spiro atoms. The van der Waals surface area contributed by atoms with Crippen LogP contribution in [0, 0.1) is 0 Å². The molecule has 1 saturated heterocycles. The Morgan fingerprint density at radius 1 is 0.870 bits per heavy atom. The van der Waals surface area contributed by atoms with Gasteiger partial charge in [-0.25, -0.2) is 4.79 Å². The Kier molecular flexibility index (Phi) is 4.71. The molecule has 23 heavy (non-hydrogen) atoms. The van der Waals surface area contributed by atoms with Crippen LogP contribution in [0.15, 0.2) is 54.6 Å². The second-order valence-corrected chi connectivity index (χ2v) is 5.64. The number of nitrogens with zero attached hydrogens (tertiary/aromatic N) is 1. The molecule has 0 saturated carbocycles. The van der Waals surface area contributed by atoms with E-state index in [9.17, 15) is 9.59 Å². The molecule has 0 N–H and O–H groups in total. The Labute approximate surface area is 135 Å². The van der Waals surface area contributed by atoms with Crippen LogP contribution in [0.25, 0.3) is 0 Å². The third-order valence-electron chi connectivity index (χ3n) is 3.97. The summed E-state index contributed by atoms with van der Waals surface area (Å²) in [5, 5.41) is 0. The number of carbonyl (C=O) groups is 2. The van der Waals surface area contributed by atoms with Crippen LogP contribution in [0.1, 0.15) is 39.1 Å². The summed E-state index contributed by atoms with van der Waals surface area (Å²) >= 11 is 0. The molecule has 1 aliphatic rings. The summed E-state index contributed by atoms with van der Waals surface area (Å²) in [5.41, 5.74) is 2.09. The Morgan fingerprint density at radius 3 is 2.17 bits per heavy atom. The topological polar surface area (TPSA) is 46.6 Å². The van der Waals surface area contributed by atoms with Crippen LogP contribution in [0.2, 0.25) is 0 Å². The lowest BCUT2D eigenvalue weighted by atomic mass is 10.1. The summed E-state index contributed by atoms with van der Waals surface area (Å²) in [6.07, 6.45) is 2.17. The van der Waals surface area contributed by atoms with Gasteiger partial charge in [-0.15, -0.1) is 0 Å². The maximum atomic E-state index is 12.2.